The van der Waals surface area contributed by atoms with E-state index >= 15 is 0 Å². The summed E-state index contributed by atoms with van der Waals surface area (Å²) in [4.78, 5) is 17.3. The van der Waals surface area contributed by atoms with Gasteiger partial charge < -0.3 is 20.5 Å². The van der Waals surface area contributed by atoms with Gasteiger partial charge in [0.15, 0.2) is 11.5 Å². The summed E-state index contributed by atoms with van der Waals surface area (Å²) in [5.41, 5.74) is 6.03. The van der Waals surface area contributed by atoms with Crippen molar-refractivity contribution in [3.8, 4) is 11.5 Å². The van der Waals surface area contributed by atoms with Crippen molar-refractivity contribution in [3.05, 3.63) is 58.2 Å². The molecule has 42 heavy (non-hydrogen) atoms. The molecule has 2 bridgehead atoms. The van der Waals surface area contributed by atoms with E-state index in [1.165, 1.54) is 74.4 Å². The summed E-state index contributed by atoms with van der Waals surface area (Å²) in [7, 11) is 1.52. The lowest BCUT2D eigenvalue weighted by Crippen LogP contribution is -2.29. The molecule has 226 valence electrons. The smallest absolute Gasteiger partial charge is 0.220 e. The maximum atomic E-state index is 12.2. The third-order valence-electron chi connectivity index (χ3n) is 9.11. The van der Waals surface area contributed by atoms with Crippen LogP contribution in [0.2, 0.25) is 5.02 Å². The Morgan fingerprint density at radius 3 is 2.62 bits per heavy atom. The quantitative estimate of drug-likeness (QED) is 0.164. The van der Waals surface area contributed by atoms with Crippen molar-refractivity contribution in [1.29, 1.82) is 0 Å². The Morgan fingerprint density at radius 2 is 1.81 bits per heavy atom. The Hall–Kier alpha value is -2.99. The van der Waals surface area contributed by atoms with Crippen LogP contribution in [0.5, 0.6) is 11.5 Å². The lowest BCUT2D eigenvalue weighted by molar-refractivity contribution is -0.121. The summed E-state index contributed by atoms with van der Waals surface area (Å²) in [6.45, 7) is 3.83. The summed E-state index contributed by atoms with van der Waals surface area (Å²) in [6.07, 6.45) is 13.5. The van der Waals surface area contributed by atoms with Gasteiger partial charge in [-0.2, -0.15) is 0 Å². The monoisotopic (exact) mass is 591 g/mol. The van der Waals surface area contributed by atoms with E-state index in [2.05, 4.69) is 23.6 Å². The second kappa shape index (κ2) is 14.5. The number of methoxy groups -OCH3 is 1. The predicted octanol–water partition coefficient (Wildman–Crippen LogP) is 8.53. The van der Waals surface area contributed by atoms with Crippen molar-refractivity contribution >= 4 is 34.1 Å². The molecule has 1 heterocycles. The first kappa shape index (κ1) is 30.5. The van der Waals surface area contributed by atoms with Crippen LogP contribution in [-0.2, 0) is 17.8 Å². The second-order valence-electron chi connectivity index (χ2n) is 12.5. The highest BCUT2D eigenvalue weighted by Gasteiger charge is 2.36. The van der Waals surface area contributed by atoms with Crippen LogP contribution in [0.3, 0.4) is 0 Å². The molecule has 6 nitrogen and oxygen atoms in total. The van der Waals surface area contributed by atoms with Crippen LogP contribution in [-0.4, -0.2) is 29.7 Å². The number of pyridine rings is 1. The molecule has 1 fully saturated rings. The summed E-state index contributed by atoms with van der Waals surface area (Å²) in [5.74, 6) is 2.78. The number of hydrogen-bond acceptors (Lipinski definition) is 5. The fourth-order valence-electron chi connectivity index (χ4n) is 7.14. The molecule has 3 aromatic rings. The van der Waals surface area contributed by atoms with Gasteiger partial charge in [0.1, 0.15) is 0 Å². The Bertz CT molecular complexity index is 1380. The molecule has 0 aliphatic heterocycles. The first-order valence-electron chi connectivity index (χ1n) is 15.9. The van der Waals surface area contributed by atoms with Crippen molar-refractivity contribution in [2.24, 2.45) is 11.8 Å². The van der Waals surface area contributed by atoms with Crippen LogP contribution < -0.4 is 15.4 Å². The van der Waals surface area contributed by atoms with Crippen molar-refractivity contribution in [1.82, 2.24) is 10.3 Å². The molecule has 3 atom stereocenters. The number of phenols is 1. The number of benzene rings is 2. The van der Waals surface area contributed by atoms with Gasteiger partial charge in [-0.1, -0.05) is 56.7 Å². The van der Waals surface area contributed by atoms with Crippen LogP contribution in [0.1, 0.15) is 100 Å². The fraction of sp³-hybridized carbons (Fsp3) is 0.543. The van der Waals surface area contributed by atoms with Crippen LogP contribution in [0.4, 0.5) is 5.69 Å². The SMILES string of the molecule is COc1cc(CNC(=O)CCCCCCCCCNc2c3c(nc4cc(Cl)ccc24)CC2CC(C)C[C@@H]3C2)ccc1O. The number of carbonyl (C=O) groups excluding carboxylic acids is 1. The predicted molar refractivity (Wildman–Crippen MR) is 172 cm³/mol. The third-order valence-corrected chi connectivity index (χ3v) is 9.35. The highest BCUT2D eigenvalue weighted by Crippen LogP contribution is 2.49. The van der Waals surface area contributed by atoms with Gasteiger partial charge in [0.25, 0.3) is 0 Å². The number of phenolic OH excluding ortho intramolecular Hbond substituents is 1. The molecule has 0 saturated heterocycles. The molecule has 2 unspecified atom stereocenters. The molecule has 1 amide bonds. The highest BCUT2D eigenvalue weighted by molar-refractivity contribution is 6.31. The molecule has 5 rings (SSSR count). The summed E-state index contributed by atoms with van der Waals surface area (Å²) in [6, 6.07) is 11.3. The van der Waals surface area contributed by atoms with Gasteiger partial charge in [0, 0.05) is 46.9 Å². The number of aromatic nitrogens is 1. The van der Waals surface area contributed by atoms with E-state index in [0.29, 0.717) is 24.6 Å². The second-order valence-corrected chi connectivity index (χ2v) is 13.0. The van der Waals surface area contributed by atoms with Gasteiger partial charge in [0.05, 0.1) is 12.6 Å². The van der Waals surface area contributed by atoms with E-state index in [9.17, 15) is 9.90 Å². The van der Waals surface area contributed by atoms with Gasteiger partial charge in [-0.15, -0.1) is 0 Å². The van der Waals surface area contributed by atoms with Crippen molar-refractivity contribution in [3.63, 3.8) is 0 Å². The molecular weight excluding hydrogens is 546 g/mol. The lowest BCUT2D eigenvalue weighted by atomic mass is 9.66. The summed E-state index contributed by atoms with van der Waals surface area (Å²) in [5, 5.41) is 18.5. The van der Waals surface area contributed by atoms with E-state index < -0.39 is 0 Å². The summed E-state index contributed by atoms with van der Waals surface area (Å²) < 4.78 is 5.13. The van der Waals surface area contributed by atoms with Gasteiger partial charge in [-0.25, -0.2) is 0 Å². The number of anilines is 1. The summed E-state index contributed by atoms with van der Waals surface area (Å²) >= 11 is 6.35. The van der Waals surface area contributed by atoms with Gasteiger partial charge in [-0.05, 0) is 92.2 Å². The minimum Gasteiger partial charge on any atom is -0.504 e. The zero-order valence-electron chi connectivity index (χ0n) is 25.2. The van der Waals surface area contributed by atoms with E-state index in [-0.39, 0.29) is 11.7 Å². The number of aromatic hydroxyl groups is 1. The number of hydrogen-bond donors (Lipinski definition) is 3. The number of fused-ring (bicyclic) bond motifs is 5. The molecule has 1 aromatic heterocycles. The Balaban J connectivity index is 1.01. The van der Waals surface area contributed by atoms with Crippen LogP contribution >= 0.6 is 11.6 Å². The average molecular weight is 592 g/mol. The Morgan fingerprint density at radius 1 is 1.02 bits per heavy atom. The first-order valence-corrected chi connectivity index (χ1v) is 16.3. The number of nitrogens with zero attached hydrogens (tertiary/aromatic N) is 1. The highest BCUT2D eigenvalue weighted by atomic mass is 35.5. The fourth-order valence-corrected chi connectivity index (χ4v) is 7.31. The van der Waals surface area contributed by atoms with E-state index in [4.69, 9.17) is 21.3 Å². The van der Waals surface area contributed by atoms with E-state index in [0.717, 1.165) is 60.2 Å². The average Bonchev–Trinajstić information content (AvgIpc) is 2.96. The van der Waals surface area contributed by atoms with Crippen LogP contribution in [0.15, 0.2) is 36.4 Å². The van der Waals surface area contributed by atoms with Crippen LogP contribution in [0.25, 0.3) is 10.9 Å². The molecule has 3 N–H and O–H groups in total. The molecule has 2 aliphatic rings. The molecule has 0 radical (unpaired) electrons. The van der Waals surface area contributed by atoms with Gasteiger partial charge in [-0.3, -0.25) is 9.78 Å². The third kappa shape index (κ3) is 7.69. The Labute approximate surface area is 255 Å². The molecule has 1 saturated carbocycles. The first-order chi connectivity index (χ1) is 20.4. The van der Waals surface area contributed by atoms with Crippen molar-refractivity contribution in [2.75, 3.05) is 19.0 Å². The van der Waals surface area contributed by atoms with Gasteiger partial charge in [0.2, 0.25) is 5.91 Å². The minimum atomic E-state index is 0.0689. The molecule has 0 spiro atoms. The minimum absolute atomic E-state index is 0.0689. The number of rotatable bonds is 14. The number of nitrogens with one attached hydrogen (secondary N) is 2. The molecule has 2 aliphatic carbocycles. The number of halogens is 1. The topological polar surface area (TPSA) is 83.5 Å². The van der Waals surface area contributed by atoms with Crippen molar-refractivity contribution in [2.45, 2.75) is 96.4 Å². The standard InChI is InChI=1S/C35H46ClN3O3/c1-23-16-25-18-26(17-23)34-30(19-25)39-29-21-27(36)12-13-28(29)35(34)37-15-9-7-5-3-4-6-8-10-33(41)38-22-24-11-14-31(40)32(20-24)42-2/h11-14,20-21,23,25-26,40H,3-10,15-19,22H2,1-2H3,(H,37,39)(H,38,41)/t23?,25?,26-/m1/s1. The van der Waals surface area contributed by atoms with Crippen LogP contribution in [0, 0.1) is 11.8 Å². The number of unbranched alkanes of at least 4 members (excludes halogenated alkanes) is 6. The van der Waals surface area contributed by atoms with E-state index in [1.807, 2.05) is 12.1 Å². The zero-order valence-corrected chi connectivity index (χ0v) is 25.9. The largest absolute Gasteiger partial charge is 0.504 e. The zero-order chi connectivity index (χ0) is 29.5. The lowest BCUT2D eigenvalue weighted by Gasteiger charge is -2.40. The molecule has 2 aromatic carbocycles. The van der Waals surface area contributed by atoms with E-state index in [1.54, 1.807) is 18.2 Å². The number of carbonyl (C=O) groups is 1. The van der Waals surface area contributed by atoms with Crippen molar-refractivity contribution < 1.29 is 14.6 Å². The normalized spacial score (nSPS) is 19.4. The molecular formula is C35H46ClN3O3. The number of ether oxygens (including phenoxy) is 1. The maximum Gasteiger partial charge on any atom is 0.220 e. The Kier molecular flexibility index (Phi) is 10.5. The molecule has 7 heteroatoms. The maximum absolute atomic E-state index is 12.2. The number of amides is 1. The van der Waals surface area contributed by atoms with Gasteiger partial charge >= 0.3 is 0 Å².